The van der Waals surface area contributed by atoms with Gasteiger partial charge in [-0.2, -0.15) is 0 Å². The fourth-order valence-corrected chi connectivity index (χ4v) is 2.61. The standard InChI is InChI=1S/C13H16N2O3S/c1-3-5-12(4-2)19(17,18)15-11-8-6-10(7-9-11)13(14)16/h3-9,15H,1-2H3,(H2,14,16)/b5-3-,12-4+. The first-order chi connectivity index (χ1) is 8.90. The molecule has 0 aromatic heterocycles. The van der Waals surface area contributed by atoms with Crippen LogP contribution < -0.4 is 10.5 Å². The Labute approximate surface area is 112 Å². The van der Waals surface area contributed by atoms with E-state index in [1.807, 2.05) is 0 Å². The molecule has 0 radical (unpaired) electrons. The number of primary amides is 1. The lowest BCUT2D eigenvalue weighted by atomic mass is 10.2. The van der Waals surface area contributed by atoms with Gasteiger partial charge in [-0.15, -0.1) is 0 Å². The van der Waals surface area contributed by atoms with Gasteiger partial charge in [0.1, 0.15) is 0 Å². The number of sulfonamides is 1. The highest BCUT2D eigenvalue weighted by atomic mass is 32.2. The van der Waals surface area contributed by atoms with Gasteiger partial charge in [-0.1, -0.05) is 12.2 Å². The highest BCUT2D eigenvalue weighted by Gasteiger charge is 2.14. The van der Waals surface area contributed by atoms with E-state index in [0.717, 1.165) is 0 Å². The first kappa shape index (κ1) is 15.0. The molecule has 0 atom stereocenters. The number of nitrogens with one attached hydrogen (secondary N) is 1. The number of hydrogen-bond donors (Lipinski definition) is 2. The molecule has 102 valence electrons. The van der Waals surface area contributed by atoms with E-state index in [0.29, 0.717) is 11.3 Å². The quantitative estimate of drug-likeness (QED) is 0.808. The van der Waals surface area contributed by atoms with E-state index in [-0.39, 0.29) is 4.91 Å². The van der Waals surface area contributed by atoms with Crippen molar-refractivity contribution in [3.8, 4) is 0 Å². The molecule has 3 N–H and O–H groups in total. The number of rotatable bonds is 5. The van der Waals surface area contributed by atoms with Crippen LogP contribution in [0.3, 0.4) is 0 Å². The number of allylic oxidation sites excluding steroid dienone is 3. The molecule has 6 heteroatoms. The van der Waals surface area contributed by atoms with Crippen molar-refractivity contribution >= 4 is 21.6 Å². The number of amides is 1. The minimum Gasteiger partial charge on any atom is -0.366 e. The summed E-state index contributed by atoms with van der Waals surface area (Å²) in [6.45, 7) is 3.38. The maximum absolute atomic E-state index is 12.0. The van der Waals surface area contributed by atoms with Gasteiger partial charge in [-0.05, 0) is 44.2 Å². The predicted octanol–water partition coefficient (Wildman–Crippen LogP) is 2.01. The second-order valence-corrected chi connectivity index (χ2v) is 5.42. The van der Waals surface area contributed by atoms with Crippen LogP contribution in [0, 0.1) is 0 Å². The lowest BCUT2D eigenvalue weighted by Gasteiger charge is -2.08. The summed E-state index contributed by atoms with van der Waals surface area (Å²) in [6, 6.07) is 5.90. The maximum Gasteiger partial charge on any atom is 0.261 e. The van der Waals surface area contributed by atoms with Gasteiger partial charge in [-0.3, -0.25) is 9.52 Å². The van der Waals surface area contributed by atoms with Crippen molar-refractivity contribution in [2.45, 2.75) is 13.8 Å². The number of hydrogen-bond acceptors (Lipinski definition) is 3. The van der Waals surface area contributed by atoms with Crippen LogP contribution in [-0.2, 0) is 10.0 Å². The molecule has 0 bridgehead atoms. The summed E-state index contributed by atoms with van der Waals surface area (Å²) in [5.41, 5.74) is 5.80. The highest BCUT2D eigenvalue weighted by molar-refractivity contribution is 7.96. The lowest BCUT2D eigenvalue weighted by molar-refractivity contribution is 0.100. The molecule has 0 unspecified atom stereocenters. The smallest absolute Gasteiger partial charge is 0.261 e. The van der Waals surface area contributed by atoms with E-state index < -0.39 is 15.9 Å². The average molecular weight is 280 g/mol. The van der Waals surface area contributed by atoms with Gasteiger partial charge in [0.15, 0.2) is 0 Å². The van der Waals surface area contributed by atoms with Crippen molar-refractivity contribution in [2.75, 3.05) is 4.72 Å². The zero-order valence-corrected chi connectivity index (χ0v) is 11.6. The van der Waals surface area contributed by atoms with Crippen molar-refractivity contribution in [3.05, 3.63) is 53.0 Å². The third-order valence-corrected chi connectivity index (χ3v) is 3.84. The van der Waals surface area contributed by atoms with E-state index in [1.54, 1.807) is 19.9 Å². The average Bonchev–Trinajstić information content (AvgIpc) is 2.35. The Hall–Kier alpha value is -2.08. The van der Waals surface area contributed by atoms with Crippen LogP contribution in [0.1, 0.15) is 24.2 Å². The third kappa shape index (κ3) is 3.96. The van der Waals surface area contributed by atoms with Crippen molar-refractivity contribution < 1.29 is 13.2 Å². The molecule has 0 aliphatic rings. The summed E-state index contributed by atoms with van der Waals surface area (Å²) in [7, 11) is -3.61. The Bertz CT molecular complexity index is 614. The second-order valence-electron chi connectivity index (χ2n) is 3.74. The van der Waals surface area contributed by atoms with Gasteiger partial charge in [0.05, 0.1) is 4.91 Å². The molecular weight excluding hydrogens is 264 g/mol. The number of carbonyl (C=O) groups excluding carboxylic acids is 1. The van der Waals surface area contributed by atoms with Crippen molar-refractivity contribution in [2.24, 2.45) is 5.73 Å². The fourth-order valence-electron chi connectivity index (χ4n) is 1.42. The van der Waals surface area contributed by atoms with Crippen molar-refractivity contribution in [3.63, 3.8) is 0 Å². The fraction of sp³-hybridized carbons (Fsp3) is 0.154. The van der Waals surface area contributed by atoms with Gasteiger partial charge >= 0.3 is 0 Å². The Morgan fingerprint density at radius 1 is 1.21 bits per heavy atom. The molecule has 0 aliphatic carbocycles. The molecule has 5 nitrogen and oxygen atoms in total. The monoisotopic (exact) mass is 280 g/mol. The molecule has 1 aromatic rings. The molecule has 0 saturated carbocycles. The number of benzene rings is 1. The van der Waals surface area contributed by atoms with E-state index in [9.17, 15) is 13.2 Å². The van der Waals surface area contributed by atoms with Crippen LogP contribution in [-0.4, -0.2) is 14.3 Å². The lowest BCUT2D eigenvalue weighted by Crippen LogP contribution is -2.14. The topological polar surface area (TPSA) is 89.3 Å². The van der Waals surface area contributed by atoms with E-state index >= 15 is 0 Å². The van der Waals surface area contributed by atoms with Crippen molar-refractivity contribution in [1.82, 2.24) is 0 Å². The Kier molecular flexibility index (Phi) is 4.88. The molecule has 0 heterocycles. The predicted molar refractivity (Wildman–Crippen MR) is 76.1 cm³/mol. The molecule has 1 aromatic carbocycles. The van der Waals surface area contributed by atoms with Crippen LogP contribution >= 0.6 is 0 Å². The van der Waals surface area contributed by atoms with Gasteiger partial charge in [0.25, 0.3) is 10.0 Å². The maximum atomic E-state index is 12.0. The van der Waals surface area contributed by atoms with Gasteiger partial charge in [0, 0.05) is 11.3 Å². The minimum atomic E-state index is -3.61. The van der Waals surface area contributed by atoms with E-state index in [2.05, 4.69) is 4.72 Å². The molecule has 1 amide bonds. The summed E-state index contributed by atoms with van der Waals surface area (Å²) >= 11 is 0. The first-order valence-corrected chi connectivity index (χ1v) is 7.10. The van der Waals surface area contributed by atoms with Crippen LogP contribution in [0.15, 0.2) is 47.4 Å². The minimum absolute atomic E-state index is 0.175. The van der Waals surface area contributed by atoms with Crippen LogP contribution in [0.25, 0.3) is 0 Å². The molecular formula is C13H16N2O3S. The highest BCUT2D eigenvalue weighted by Crippen LogP contribution is 2.16. The third-order valence-electron chi connectivity index (χ3n) is 2.35. The zero-order valence-electron chi connectivity index (χ0n) is 10.8. The van der Waals surface area contributed by atoms with Gasteiger partial charge in [-0.25, -0.2) is 8.42 Å². The summed E-state index contributed by atoms with van der Waals surface area (Å²) < 4.78 is 26.5. The van der Waals surface area contributed by atoms with Crippen LogP contribution in [0.4, 0.5) is 5.69 Å². The molecule has 0 saturated heterocycles. The Balaban J connectivity index is 2.99. The SMILES string of the molecule is C/C=C\C(=C/C)S(=O)(=O)Nc1ccc(C(N)=O)cc1. The molecule has 1 rings (SSSR count). The van der Waals surface area contributed by atoms with Crippen molar-refractivity contribution in [1.29, 1.82) is 0 Å². The summed E-state index contributed by atoms with van der Waals surface area (Å²) in [5, 5.41) is 0. The molecule has 0 fully saturated rings. The molecule has 0 spiro atoms. The molecule has 0 aliphatic heterocycles. The largest absolute Gasteiger partial charge is 0.366 e. The van der Waals surface area contributed by atoms with E-state index in [1.165, 1.54) is 36.4 Å². The summed E-state index contributed by atoms with van der Waals surface area (Å²) in [6.07, 6.45) is 4.64. The van der Waals surface area contributed by atoms with Crippen LogP contribution in [0.2, 0.25) is 0 Å². The second kappa shape index (κ2) is 6.19. The Morgan fingerprint density at radius 2 is 1.79 bits per heavy atom. The number of carbonyl (C=O) groups is 1. The number of anilines is 1. The number of nitrogens with two attached hydrogens (primary N) is 1. The first-order valence-electron chi connectivity index (χ1n) is 5.62. The normalized spacial score (nSPS) is 12.6. The Morgan fingerprint density at radius 3 is 2.21 bits per heavy atom. The van der Waals surface area contributed by atoms with Gasteiger partial charge in [0.2, 0.25) is 5.91 Å². The van der Waals surface area contributed by atoms with E-state index in [4.69, 9.17) is 5.73 Å². The van der Waals surface area contributed by atoms with Crippen LogP contribution in [0.5, 0.6) is 0 Å². The molecule has 19 heavy (non-hydrogen) atoms. The van der Waals surface area contributed by atoms with Gasteiger partial charge < -0.3 is 5.73 Å². The zero-order chi connectivity index (χ0) is 14.5. The summed E-state index contributed by atoms with van der Waals surface area (Å²) in [5.74, 6) is -0.558. The summed E-state index contributed by atoms with van der Waals surface area (Å²) in [4.78, 5) is 11.1.